The molecule has 0 aliphatic rings. The number of aromatic amines is 1. The van der Waals surface area contributed by atoms with Crippen LogP contribution in [0.1, 0.15) is 41.3 Å². The summed E-state index contributed by atoms with van der Waals surface area (Å²) < 4.78 is 26.9. The van der Waals surface area contributed by atoms with E-state index in [9.17, 15) is 29.1 Å². The Labute approximate surface area is 562 Å². The Bertz CT molecular complexity index is 5840. The number of hydrogen-bond donors (Lipinski definition) is 4. The van der Waals surface area contributed by atoms with Crippen LogP contribution in [0.2, 0.25) is 51.4 Å². The van der Waals surface area contributed by atoms with Crippen LogP contribution in [0.25, 0.3) is 96.5 Å². The average molecular weight is 1400 g/mol. The topological polar surface area (TPSA) is 351 Å². The van der Waals surface area contributed by atoms with Gasteiger partial charge in [-0.15, -0.1) is 34.0 Å². The number of nitrogens with zero attached hydrogens (tertiary/aromatic N) is 18. The number of hydrogen-bond acceptors (Lipinski definition) is 21. The van der Waals surface area contributed by atoms with E-state index in [0.717, 1.165) is 101 Å². The number of carbonyl (C=O) groups excluding carboxylic acids is 1. The highest BCUT2D eigenvalue weighted by Crippen LogP contribution is 2.34. The summed E-state index contributed by atoms with van der Waals surface area (Å²) in [6.07, 6.45) is 10.2. The number of hydroxylamine groups is 1. The van der Waals surface area contributed by atoms with E-state index in [2.05, 4.69) is 96.0 Å². The highest BCUT2D eigenvalue weighted by Gasteiger charge is 2.25. The Morgan fingerprint density at radius 2 is 0.948 bits per heavy atom. The number of thiazole rings is 3. The number of carboxylic acids is 1. The van der Waals surface area contributed by atoms with Gasteiger partial charge in [0.05, 0.1) is 87.5 Å². The summed E-state index contributed by atoms with van der Waals surface area (Å²) in [6.45, 7) is 17.1. The van der Waals surface area contributed by atoms with Gasteiger partial charge in [-0.1, -0.05) is 75.7 Å². The lowest BCUT2D eigenvalue weighted by atomic mass is 10.1. The molecule has 0 radical (unpaired) electrons. The van der Waals surface area contributed by atoms with Crippen LogP contribution in [0.3, 0.4) is 0 Å². The van der Waals surface area contributed by atoms with Crippen molar-refractivity contribution in [2.24, 2.45) is 21.1 Å². The number of carboxylic acid groups (broad SMARTS) is 1. The van der Waals surface area contributed by atoms with E-state index in [-0.39, 0.29) is 33.2 Å². The number of amides is 1. The first kappa shape index (κ1) is 65.4. The van der Waals surface area contributed by atoms with Gasteiger partial charge < -0.3 is 28.3 Å². The standard InChI is InChI=1S/C23H25N7O2SSi.C23H26N6O4SSi.C17H13N7O3S/c1-28-20-17(21-22(28)27-19(10-24)33-21)12-25-29(23(20)31)13-15-6-5-7-18-16(15)11-26-30(18)14-32-8-9-34(2,3)4;1-27-18-16(19-20(27)26-21(34-19)23(31)32)11-24-28(22(18)30)12-14-6-5-7-17-15(14)10-25-29(17)13-33-8-9-35(2,3)4;1-23-12-10(13-14(23)20-16(28-13)15(25)22-27)6-19-24(17(12)26)7-8-3-2-4-11-9(8)5-18-21-11/h5-7,11-12H,8-9,13-14H2,1-4H3;5-7,10-11H,8-9,12-13H2,1-4H3,(H,31,32);2-6,27H,7H2,1H3,(H,18,21)(H,22,25). The minimum Gasteiger partial charge on any atom is -0.476 e. The fourth-order valence-corrected chi connectivity index (χ4v) is 15.9. The molecule has 0 saturated carbocycles. The number of ether oxygens (including phenoxy) is 2. The number of nitriles is 1. The molecule has 12 heterocycles. The molecule has 1 amide bonds. The average Bonchev–Trinajstić information content (AvgIpc) is 1.60. The number of carbonyl (C=O) groups is 2. The highest BCUT2D eigenvalue weighted by atomic mass is 32.1. The van der Waals surface area contributed by atoms with Crippen LogP contribution in [0, 0.1) is 11.3 Å². The molecule has 3 aromatic carbocycles. The Morgan fingerprint density at radius 1 is 0.546 bits per heavy atom. The Balaban J connectivity index is 0.000000132. The molecule has 15 aromatic rings. The summed E-state index contributed by atoms with van der Waals surface area (Å²) in [5.74, 6) is -1.78. The molecule has 34 heteroatoms. The lowest BCUT2D eigenvalue weighted by Crippen LogP contribution is -2.24. The third-order valence-corrected chi connectivity index (χ3v) is 23.2. The third-order valence-electron chi connectivity index (χ3n) is 16.7. The first-order valence-corrected chi connectivity index (χ1v) is 40.4. The second-order valence-electron chi connectivity index (χ2n) is 25.6. The minimum atomic E-state index is -1.15. The van der Waals surface area contributed by atoms with Crippen LogP contribution >= 0.6 is 34.0 Å². The highest BCUT2D eigenvalue weighted by molar-refractivity contribution is 7.21. The molecule has 97 heavy (non-hydrogen) atoms. The van der Waals surface area contributed by atoms with Crippen LogP contribution in [0.4, 0.5) is 0 Å². The zero-order valence-electron chi connectivity index (χ0n) is 54.1. The predicted octanol–water partition coefficient (Wildman–Crippen LogP) is 9.07. The number of aromatic nitrogens is 18. The van der Waals surface area contributed by atoms with Gasteiger partial charge in [-0.3, -0.25) is 29.5 Å². The van der Waals surface area contributed by atoms with Crippen molar-refractivity contribution in [2.75, 3.05) is 13.2 Å². The maximum atomic E-state index is 13.3. The number of H-pyrrole nitrogens is 1. The second kappa shape index (κ2) is 26.1. The fraction of sp³-hybridized carbons (Fsp3) is 0.286. The van der Waals surface area contributed by atoms with Gasteiger partial charge in [-0.05, 0) is 47.0 Å². The van der Waals surface area contributed by atoms with Crippen LogP contribution in [0.5, 0.6) is 0 Å². The van der Waals surface area contributed by atoms with Crippen molar-refractivity contribution in [3.05, 3.63) is 155 Å². The minimum absolute atomic E-state index is 0.00942. The fourth-order valence-electron chi connectivity index (χ4n) is 11.5. The molecule has 0 fully saturated rings. The van der Waals surface area contributed by atoms with Crippen molar-refractivity contribution in [1.82, 2.24) is 93.2 Å². The van der Waals surface area contributed by atoms with Crippen molar-refractivity contribution >= 4 is 158 Å². The number of aromatic carboxylic acids is 1. The van der Waals surface area contributed by atoms with Crippen molar-refractivity contribution in [3.63, 3.8) is 0 Å². The maximum absolute atomic E-state index is 13.3. The summed E-state index contributed by atoms with van der Waals surface area (Å²) in [7, 11) is 2.94. The van der Waals surface area contributed by atoms with E-state index in [4.69, 9.17) is 19.9 Å². The van der Waals surface area contributed by atoms with Crippen LogP contribution in [-0.4, -0.2) is 139 Å². The third kappa shape index (κ3) is 12.6. The molecule has 12 aromatic heterocycles. The van der Waals surface area contributed by atoms with Gasteiger partial charge >= 0.3 is 11.9 Å². The molecule has 0 bridgehead atoms. The molecule has 496 valence electrons. The molecular formula is C63H64N20O9S3Si2. The zero-order valence-corrected chi connectivity index (χ0v) is 58.5. The molecule has 0 aliphatic carbocycles. The SMILES string of the molecule is Cn1c2nc(C#N)sc2c2cnn(Cc3cccc4c3cnn4COCC[Si](C)(C)C)c(=O)c21.Cn1c2nc(C(=O)NO)sc2c2cnn(Cc3cccc4[nH]ncc34)c(=O)c21.Cn1c2nc(C(=O)O)sc2c2cnn(Cc3cccc4c3cnn4COCC[Si](C)(C)C)c(=O)c21. The number of nitrogens with one attached hydrogen (secondary N) is 2. The lowest BCUT2D eigenvalue weighted by molar-refractivity contribution is 0.0693. The number of fused-ring (bicyclic) bond motifs is 12. The summed E-state index contributed by atoms with van der Waals surface area (Å²) in [4.78, 5) is 75.4. The van der Waals surface area contributed by atoms with E-state index < -0.39 is 28.0 Å². The van der Waals surface area contributed by atoms with Crippen molar-refractivity contribution in [3.8, 4) is 6.07 Å². The zero-order chi connectivity index (χ0) is 68.4. The van der Waals surface area contributed by atoms with Crippen LogP contribution in [0.15, 0.2) is 106 Å². The molecule has 0 atom stereocenters. The smallest absolute Gasteiger partial charge is 0.365 e. The number of benzene rings is 3. The molecule has 0 saturated heterocycles. The monoisotopic (exact) mass is 1400 g/mol. The Morgan fingerprint density at radius 3 is 1.39 bits per heavy atom. The van der Waals surface area contributed by atoms with E-state index in [0.29, 0.717) is 91.8 Å². The van der Waals surface area contributed by atoms with Crippen LogP contribution < -0.4 is 22.2 Å². The normalized spacial score (nSPS) is 12.1. The molecular weight excluding hydrogens is 1330 g/mol. The number of aryl methyl sites for hydroxylation is 3. The summed E-state index contributed by atoms with van der Waals surface area (Å²) >= 11 is 3.42. The van der Waals surface area contributed by atoms with Crippen molar-refractivity contribution < 1.29 is 29.4 Å². The number of rotatable bonds is 18. The largest absolute Gasteiger partial charge is 0.476 e. The Hall–Kier alpha value is -10.3. The van der Waals surface area contributed by atoms with Gasteiger partial charge in [-0.2, -0.15) is 35.9 Å². The van der Waals surface area contributed by atoms with Gasteiger partial charge in [0.1, 0.15) is 36.1 Å². The summed E-state index contributed by atoms with van der Waals surface area (Å²) in [6, 6.07) is 21.9. The first-order chi connectivity index (χ1) is 46.5. The lowest BCUT2D eigenvalue weighted by Gasteiger charge is -2.15. The van der Waals surface area contributed by atoms with E-state index in [1.165, 1.54) is 25.4 Å². The quantitative estimate of drug-likeness (QED) is 0.0269. The van der Waals surface area contributed by atoms with E-state index >= 15 is 0 Å². The summed E-state index contributed by atoms with van der Waals surface area (Å²) in [5.41, 5.74) is 9.51. The maximum Gasteiger partial charge on any atom is 0.365 e. The second-order valence-corrected chi connectivity index (χ2v) is 39.8. The molecule has 29 nitrogen and oxygen atoms in total. The molecule has 15 rings (SSSR count). The predicted molar refractivity (Wildman–Crippen MR) is 376 cm³/mol. The van der Waals surface area contributed by atoms with Gasteiger partial charge in [0.15, 0.2) is 27.0 Å². The molecule has 4 N–H and O–H groups in total. The first-order valence-electron chi connectivity index (χ1n) is 30.5. The van der Waals surface area contributed by atoms with Crippen molar-refractivity contribution in [1.29, 1.82) is 5.26 Å². The van der Waals surface area contributed by atoms with Gasteiger partial charge in [0, 0.05) is 82.8 Å². The Kier molecular flexibility index (Phi) is 17.6. The molecule has 0 unspecified atom stereocenters. The van der Waals surface area contributed by atoms with E-state index in [1.54, 1.807) is 71.3 Å². The molecule has 0 aliphatic heterocycles. The van der Waals surface area contributed by atoms with E-state index in [1.807, 2.05) is 70.2 Å². The van der Waals surface area contributed by atoms with Crippen LogP contribution in [-0.2, 0) is 63.7 Å². The molecule has 0 spiro atoms. The van der Waals surface area contributed by atoms with Crippen molar-refractivity contribution in [2.45, 2.75) is 84.5 Å². The van der Waals surface area contributed by atoms with Gasteiger partial charge in [-0.25, -0.2) is 48.6 Å². The van der Waals surface area contributed by atoms with Gasteiger partial charge in [0.25, 0.3) is 16.7 Å². The summed E-state index contributed by atoms with van der Waals surface area (Å²) in [5, 5.41) is 61.6. The van der Waals surface area contributed by atoms with Gasteiger partial charge in [0.2, 0.25) is 5.01 Å².